The van der Waals surface area contributed by atoms with E-state index in [0.717, 1.165) is 5.56 Å². The minimum atomic E-state index is -0.757. The quantitative estimate of drug-likeness (QED) is 0.619. The average Bonchev–Trinajstić information content (AvgIpc) is 2.26. The highest BCUT2D eigenvalue weighted by Gasteiger charge is 2.23. The lowest BCUT2D eigenvalue weighted by Gasteiger charge is -2.22. The summed E-state index contributed by atoms with van der Waals surface area (Å²) in [4.78, 5) is 15.1. The molecule has 0 radical (unpaired) electrons. The van der Waals surface area contributed by atoms with Gasteiger partial charge in [-0.25, -0.2) is 4.79 Å². The Morgan fingerprint density at radius 3 is 2.38 bits per heavy atom. The van der Waals surface area contributed by atoms with Crippen molar-refractivity contribution in [3.63, 3.8) is 0 Å². The lowest BCUT2D eigenvalue weighted by Crippen LogP contribution is -2.17. The molecule has 1 aromatic rings. The van der Waals surface area contributed by atoms with Gasteiger partial charge in [-0.05, 0) is 29.2 Å². The van der Waals surface area contributed by atoms with Gasteiger partial charge in [0.2, 0.25) is 0 Å². The van der Waals surface area contributed by atoms with Crippen LogP contribution in [0.1, 0.15) is 36.7 Å². The molecule has 1 rings (SSSR count). The van der Waals surface area contributed by atoms with E-state index in [-0.39, 0.29) is 5.41 Å². The van der Waals surface area contributed by atoms with Crippen molar-refractivity contribution in [1.29, 1.82) is 0 Å². The van der Waals surface area contributed by atoms with Crippen LogP contribution in [0.5, 0.6) is 5.75 Å². The standard InChI is InChI=1S/C12H16O4/c1-12(2,3)10-7-8(15-4)5-6-9(10)11(13)16-14/h5-7,14H,1-4H3. The van der Waals surface area contributed by atoms with Gasteiger partial charge in [0.25, 0.3) is 0 Å². The van der Waals surface area contributed by atoms with E-state index >= 15 is 0 Å². The number of ether oxygens (including phenoxy) is 1. The van der Waals surface area contributed by atoms with E-state index < -0.39 is 5.97 Å². The molecule has 0 bridgehead atoms. The number of benzene rings is 1. The van der Waals surface area contributed by atoms with Gasteiger partial charge in [-0.15, -0.1) is 0 Å². The zero-order chi connectivity index (χ0) is 12.3. The fraction of sp³-hybridized carbons (Fsp3) is 0.417. The first-order chi connectivity index (χ1) is 7.40. The Labute approximate surface area is 94.7 Å². The van der Waals surface area contributed by atoms with E-state index in [4.69, 9.17) is 9.99 Å². The predicted octanol–water partition coefficient (Wildman–Crippen LogP) is 2.62. The number of hydrogen-bond donors (Lipinski definition) is 1. The monoisotopic (exact) mass is 224 g/mol. The maximum absolute atomic E-state index is 11.4. The molecule has 4 nitrogen and oxygen atoms in total. The SMILES string of the molecule is COc1ccc(C(=O)OO)c(C(C)(C)C)c1. The summed E-state index contributed by atoms with van der Waals surface area (Å²) in [5.41, 5.74) is 0.875. The predicted molar refractivity (Wildman–Crippen MR) is 59.7 cm³/mol. The summed E-state index contributed by atoms with van der Waals surface area (Å²) in [7, 11) is 1.56. The highest BCUT2D eigenvalue weighted by Crippen LogP contribution is 2.29. The fourth-order valence-corrected chi connectivity index (χ4v) is 1.50. The molecule has 0 saturated heterocycles. The molecule has 1 N–H and O–H groups in total. The van der Waals surface area contributed by atoms with Crippen LogP contribution < -0.4 is 4.74 Å². The minimum Gasteiger partial charge on any atom is -0.497 e. The van der Waals surface area contributed by atoms with Crippen molar-refractivity contribution >= 4 is 5.97 Å². The summed E-state index contributed by atoms with van der Waals surface area (Å²) >= 11 is 0. The topological polar surface area (TPSA) is 55.8 Å². The third-order valence-electron chi connectivity index (χ3n) is 2.34. The first-order valence-electron chi connectivity index (χ1n) is 4.94. The molecule has 88 valence electrons. The van der Waals surface area contributed by atoms with Crippen molar-refractivity contribution in [2.75, 3.05) is 7.11 Å². The van der Waals surface area contributed by atoms with Crippen molar-refractivity contribution in [2.24, 2.45) is 0 Å². The Morgan fingerprint density at radius 1 is 1.31 bits per heavy atom. The van der Waals surface area contributed by atoms with Gasteiger partial charge in [-0.1, -0.05) is 20.8 Å². The van der Waals surface area contributed by atoms with Gasteiger partial charge in [0.05, 0.1) is 12.7 Å². The Kier molecular flexibility index (Phi) is 3.55. The molecule has 0 spiro atoms. The van der Waals surface area contributed by atoms with Gasteiger partial charge in [-0.3, -0.25) is 4.89 Å². The second-order valence-electron chi connectivity index (χ2n) is 4.54. The second kappa shape index (κ2) is 4.53. The maximum Gasteiger partial charge on any atom is 0.373 e. The molecule has 1 aromatic carbocycles. The van der Waals surface area contributed by atoms with Gasteiger partial charge >= 0.3 is 5.97 Å². The molecule has 0 aliphatic heterocycles. The smallest absolute Gasteiger partial charge is 0.373 e. The van der Waals surface area contributed by atoms with Crippen LogP contribution in [-0.4, -0.2) is 18.3 Å². The molecule has 0 saturated carbocycles. The third kappa shape index (κ3) is 2.52. The average molecular weight is 224 g/mol. The zero-order valence-corrected chi connectivity index (χ0v) is 9.90. The molecule has 16 heavy (non-hydrogen) atoms. The van der Waals surface area contributed by atoms with Crippen molar-refractivity contribution in [3.05, 3.63) is 29.3 Å². The van der Waals surface area contributed by atoms with Gasteiger partial charge < -0.3 is 4.74 Å². The summed E-state index contributed by atoms with van der Waals surface area (Å²) in [6.45, 7) is 5.90. The van der Waals surface area contributed by atoms with Crippen molar-refractivity contribution < 1.29 is 19.7 Å². The lowest BCUT2D eigenvalue weighted by atomic mass is 9.83. The van der Waals surface area contributed by atoms with Crippen LogP contribution >= 0.6 is 0 Å². The molecule has 0 amide bonds. The Balaban J connectivity index is 3.33. The fourth-order valence-electron chi connectivity index (χ4n) is 1.50. The summed E-state index contributed by atoms with van der Waals surface area (Å²) in [6.07, 6.45) is 0. The van der Waals surface area contributed by atoms with E-state index in [2.05, 4.69) is 4.89 Å². The van der Waals surface area contributed by atoms with Gasteiger partial charge in [0.1, 0.15) is 5.75 Å². The van der Waals surface area contributed by atoms with Crippen LogP contribution in [0.4, 0.5) is 0 Å². The molecule has 0 aliphatic carbocycles. The number of methoxy groups -OCH3 is 1. The first kappa shape index (κ1) is 12.5. The van der Waals surface area contributed by atoms with E-state index in [0.29, 0.717) is 11.3 Å². The summed E-state index contributed by atoms with van der Waals surface area (Å²) in [5.74, 6) is -0.0907. The molecule has 0 aliphatic rings. The van der Waals surface area contributed by atoms with Crippen LogP contribution in [-0.2, 0) is 10.3 Å². The van der Waals surface area contributed by atoms with Crippen molar-refractivity contribution in [3.8, 4) is 5.75 Å². The van der Waals surface area contributed by atoms with E-state index in [9.17, 15) is 4.79 Å². The van der Waals surface area contributed by atoms with Gasteiger partial charge in [0.15, 0.2) is 0 Å². The third-order valence-corrected chi connectivity index (χ3v) is 2.34. The van der Waals surface area contributed by atoms with Crippen molar-refractivity contribution in [2.45, 2.75) is 26.2 Å². The van der Waals surface area contributed by atoms with Crippen LogP contribution in [0, 0.1) is 0 Å². The molecule has 0 atom stereocenters. The van der Waals surface area contributed by atoms with Gasteiger partial charge in [-0.2, -0.15) is 5.26 Å². The van der Waals surface area contributed by atoms with Gasteiger partial charge in [0, 0.05) is 0 Å². The first-order valence-corrected chi connectivity index (χ1v) is 4.94. The molecule has 0 heterocycles. The van der Waals surface area contributed by atoms with Crippen LogP contribution in [0.25, 0.3) is 0 Å². The van der Waals surface area contributed by atoms with E-state index in [1.165, 1.54) is 0 Å². The normalized spacial score (nSPS) is 11.1. The number of rotatable bonds is 2. The zero-order valence-electron chi connectivity index (χ0n) is 9.90. The highest BCUT2D eigenvalue weighted by molar-refractivity contribution is 5.91. The van der Waals surface area contributed by atoms with E-state index in [1.807, 2.05) is 20.8 Å². The lowest BCUT2D eigenvalue weighted by molar-refractivity contribution is -0.182. The molecule has 0 fully saturated rings. The van der Waals surface area contributed by atoms with Crippen LogP contribution in [0.15, 0.2) is 18.2 Å². The largest absolute Gasteiger partial charge is 0.497 e. The number of carbonyl (C=O) groups excluding carboxylic acids is 1. The Hall–Kier alpha value is -1.55. The molecule has 4 heteroatoms. The van der Waals surface area contributed by atoms with E-state index in [1.54, 1.807) is 25.3 Å². The summed E-state index contributed by atoms with van der Waals surface area (Å²) < 4.78 is 5.10. The number of carbonyl (C=O) groups is 1. The Bertz CT molecular complexity index is 390. The molecular weight excluding hydrogens is 208 g/mol. The molecule has 0 unspecified atom stereocenters. The summed E-state index contributed by atoms with van der Waals surface area (Å²) in [5, 5.41) is 8.42. The highest BCUT2D eigenvalue weighted by atomic mass is 17.1. The second-order valence-corrected chi connectivity index (χ2v) is 4.54. The minimum absolute atomic E-state index is 0.238. The van der Waals surface area contributed by atoms with Crippen LogP contribution in [0.3, 0.4) is 0 Å². The van der Waals surface area contributed by atoms with Crippen LogP contribution in [0.2, 0.25) is 0 Å². The Morgan fingerprint density at radius 2 is 1.94 bits per heavy atom. The van der Waals surface area contributed by atoms with Crippen molar-refractivity contribution in [1.82, 2.24) is 0 Å². The summed E-state index contributed by atoms with van der Waals surface area (Å²) in [6, 6.07) is 5.01. The maximum atomic E-state index is 11.4. The molecule has 0 aromatic heterocycles. The molecular formula is C12H16O4. The number of hydrogen-bond acceptors (Lipinski definition) is 4.